The maximum Gasteiger partial charge on any atom is 0.339 e. The van der Waals surface area contributed by atoms with Gasteiger partial charge in [-0.25, -0.2) is 4.79 Å². The zero-order valence-corrected chi connectivity index (χ0v) is 9.82. The highest BCUT2D eigenvalue weighted by atomic mass is 16.5. The first kappa shape index (κ1) is 10.6. The van der Waals surface area contributed by atoms with Crippen LogP contribution >= 0.6 is 0 Å². The summed E-state index contributed by atoms with van der Waals surface area (Å²) in [6, 6.07) is 9.91. The Morgan fingerprint density at radius 2 is 1.88 bits per heavy atom. The molecule has 3 rings (SSSR count). The van der Waals surface area contributed by atoms with Crippen molar-refractivity contribution in [3.05, 3.63) is 41.5 Å². The first-order chi connectivity index (χ1) is 8.36. The number of hydrogen-bond acceptors (Lipinski definition) is 2. The number of benzene rings is 1. The predicted octanol–water partition coefficient (Wildman–Crippen LogP) is 3.33. The molecule has 0 bridgehead atoms. The van der Waals surface area contributed by atoms with Gasteiger partial charge in [-0.3, -0.25) is 0 Å². The molecule has 1 aliphatic carbocycles. The maximum atomic E-state index is 12.0. The van der Waals surface area contributed by atoms with Gasteiger partial charge in [-0.1, -0.05) is 36.8 Å². The monoisotopic (exact) mass is 228 g/mol. The Bertz CT molecular complexity index is 459. The molecule has 1 aromatic rings. The molecule has 0 aromatic heterocycles. The molecule has 1 unspecified atom stereocenters. The van der Waals surface area contributed by atoms with Crippen molar-refractivity contribution in [1.29, 1.82) is 0 Å². The van der Waals surface area contributed by atoms with Crippen molar-refractivity contribution in [2.45, 2.75) is 38.2 Å². The molecule has 0 amide bonds. The Kier molecular flexibility index (Phi) is 2.71. The molecule has 1 fully saturated rings. The van der Waals surface area contributed by atoms with Crippen LogP contribution in [0.1, 0.15) is 37.7 Å². The molecule has 1 aliphatic heterocycles. The second-order valence-corrected chi connectivity index (χ2v) is 4.76. The molecule has 1 atom stereocenters. The van der Waals surface area contributed by atoms with Gasteiger partial charge in [0.05, 0.1) is 5.57 Å². The number of rotatable bonds is 1. The van der Waals surface area contributed by atoms with Crippen molar-refractivity contribution in [3.8, 4) is 0 Å². The molecule has 0 radical (unpaired) electrons. The maximum absolute atomic E-state index is 12.0. The van der Waals surface area contributed by atoms with Gasteiger partial charge in [0, 0.05) is 0 Å². The summed E-state index contributed by atoms with van der Waals surface area (Å²) in [4.78, 5) is 12.0. The largest absolute Gasteiger partial charge is 0.454 e. The standard InChI is InChI=1S/C15H16O2/c16-15-14(11-7-3-1-4-8-11)12-9-5-2-6-10-13(12)17-15/h1,3-4,7-8,13H,2,5-6,9-10H2. The van der Waals surface area contributed by atoms with Crippen LogP contribution in [-0.2, 0) is 9.53 Å². The lowest BCUT2D eigenvalue weighted by Crippen LogP contribution is -2.09. The summed E-state index contributed by atoms with van der Waals surface area (Å²) in [5.41, 5.74) is 3.08. The van der Waals surface area contributed by atoms with Crippen molar-refractivity contribution < 1.29 is 9.53 Å². The summed E-state index contributed by atoms with van der Waals surface area (Å²) in [6.45, 7) is 0. The average Bonchev–Trinajstić information content (AvgIpc) is 2.52. The number of ether oxygens (including phenoxy) is 1. The summed E-state index contributed by atoms with van der Waals surface area (Å²) < 4.78 is 5.50. The van der Waals surface area contributed by atoms with E-state index < -0.39 is 0 Å². The minimum Gasteiger partial charge on any atom is -0.454 e. The van der Waals surface area contributed by atoms with Crippen LogP contribution in [0.2, 0.25) is 0 Å². The van der Waals surface area contributed by atoms with E-state index in [2.05, 4.69) is 0 Å². The lowest BCUT2D eigenvalue weighted by Gasteiger charge is -2.09. The number of fused-ring (bicyclic) bond motifs is 1. The van der Waals surface area contributed by atoms with E-state index in [9.17, 15) is 4.79 Å². The molecule has 0 spiro atoms. The molecule has 88 valence electrons. The molecule has 17 heavy (non-hydrogen) atoms. The Labute approximate surface area is 101 Å². The highest BCUT2D eigenvalue weighted by Gasteiger charge is 2.34. The van der Waals surface area contributed by atoms with Gasteiger partial charge in [0.2, 0.25) is 0 Å². The Balaban J connectivity index is 2.05. The van der Waals surface area contributed by atoms with Crippen LogP contribution in [0.25, 0.3) is 5.57 Å². The number of carbonyl (C=O) groups excluding carboxylic acids is 1. The van der Waals surface area contributed by atoms with Crippen molar-refractivity contribution in [2.24, 2.45) is 0 Å². The molecule has 1 aromatic carbocycles. The van der Waals surface area contributed by atoms with Gasteiger partial charge in [0.1, 0.15) is 6.10 Å². The quantitative estimate of drug-likeness (QED) is 0.689. The van der Waals surface area contributed by atoms with Crippen molar-refractivity contribution in [1.82, 2.24) is 0 Å². The molecule has 0 N–H and O–H groups in total. The van der Waals surface area contributed by atoms with Gasteiger partial charge < -0.3 is 4.74 Å². The molecule has 1 saturated carbocycles. The molecule has 2 heteroatoms. The highest BCUT2D eigenvalue weighted by molar-refractivity contribution is 6.19. The minimum absolute atomic E-state index is 0.0557. The Hall–Kier alpha value is -1.57. The second kappa shape index (κ2) is 4.36. The predicted molar refractivity (Wildman–Crippen MR) is 66.3 cm³/mol. The fourth-order valence-corrected chi connectivity index (χ4v) is 2.80. The smallest absolute Gasteiger partial charge is 0.339 e. The summed E-state index contributed by atoms with van der Waals surface area (Å²) in [6.07, 6.45) is 5.67. The van der Waals surface area contributed by atoms with E-state index in [4.69, 9.17) is 4.74 Å². The van der Waals surface area contributed by atoms with Gasteiger partial charge >= 0.3 is 5.97 Å². The lowest BCUT2D eigenvalue weighted by atomic mass is 9.96. The third kappa shape index (κ3) is 1.88. The zero-order valence-electron chi connectivity index (χ0n) is 9.82. The molecule has 2 nitrogen and oxygen atoms in total. The zero-order chi connectivity index (χ0) is 11.7. The van der Waals surface area contributed by atoms with E-state index in [1.54, 1.807) is 0 Å². The average molecular weight is 228 g/mol. The van der Waals surface area contributed by atoms with E-state index in [1.807, 2.05) is 30.3 Å². The Morgan fingerprint density at radius 1 is 1.06 bits per heavy atom. The van der Waals surface area contributed by atoms with Crippen molar-refractivity contribution in [2.75, 3.05) is 0 Å². The van der Waals surface area contributed by atoms with E-state index in [-0.39, 0.29) is 12.1 Å². The topological polar surface area (TPSA) is 26.3 Å². The third-order valence-corrected chi connectivity index (χ3v) is 3.64. The second-order valence-electron chi connectivity index (χ2n) is 4.76. The number of esters is 1. The summed E-state index contributed by atoms with van der Waals surface area (Å²) in [5.74, 6) is -0.127. The van der Waals surface area contributed by atoms with Gasteiger partial charge in [0.25, 0.3) is 0 Å². The lowest BCUT2D eigenvalue weighted by molar-refractivity contribution is -0.138. The molecule has 1 heterocycles. The SMILES string of the molecule is O=C1OC2CCCCCC2=C1c1ccccc1. The van der Waals surface area contributed by atoms with Gasteiger partial charge in [-0.15, -0.1) is 0 Å². The minimum atomic E-state index is -0.127. The van der Waals surface area contributed by atoms with Crippen LogP contribution in [-0.4, -0.2) is 12.1 Å². The van der Waals surface area contributed by atoms with E-state index in [0.717, 1.165) is 24.0 Å². The first-order valence-electron chi connectivity index (χ1n) is 6.36. The van der Waals surface area contributed by atoms with Crippen LogP contribution in [0.5, 0.6) is 0 Å². The summed E-state index contributed by atoms with van der Waals surface area (Å²) >= 11 is 0. The normalized spacial score (nSPS) is 24.2. The van der Waals surface area contributed by atoms with Gasteiger partial charge in [-0.05, 0) is 36.8 Å². The number of carbonyl (C=O) groups is 1. The van der Waals surface area contributed by atoms with E-state index >= 15 is 0 Å². The van der Waals surface area contributed by atoms with Crippen LogP contribution in [0.4, 0.5) is 0 Å². The van der Waals surface area contributed by atoms with Crippen LogP contribution in [0.3, 0.4) is 0 Å². The highest BCUT2D eigenvalue weighted by Crippen LogP contribution is 2.37. The molecular weight excluding hydrogens is 212 g/mol. The fourth-order valence-electron chi connectivity index (χ4n) is 2.80. The van der Waals surface area contributed by atoms with E-state index in [1.165, 1.54) is 24.8 Å². The summed E-state index contributed by atoms with van der Waals surface area (Å²) in [7, 11) is 0. The van der Waals surface area contributed by atoms with Crippen molar-refractivity contribution >= 4 is 11.5 Å². The van der Waals surface area contributed by atoms with E-state index in [0.29, 0.717) is 0 Å². The molecule has 2 aliphatic rings. The van der Waals surface area contributed by atoms with Gasteiger partial charge in [0.15, 0.2) is 0 Å². The summed E-state index contributed by atoms with van der Waals surface area (Å²) in [5, 5.41) is 0. The molecular formula is C15H16O2. The fraction of sp³-hybridized carbons (Fsp3) is 0.400. The van der Waals surface area contributed by atoms with Crippen LogP contribution in [0, 0.1) is 0 Å². The first-order valence-corrected chi connectivity index (χ1v) is 6.36. The third-order valence-electron chi connectivity index (χ3n) is 3.64. The van der Waals surface area contributed by atoms with Crippen LogP contribution in [0.15, 0.2) is 35.9 Å². The Morgan fingerprint density at radius 3 is 2.71 bits per heavy atom. The van der Waals surface area contributed by atoms with Gasteiger partial charge in [-0.2, -0.15) is 0 Å². The van der Waals surface area contributed by atoms with Crippen LogP contribution < -0.4 is 0 Å². The molecule has 0 saturated heterocycles. The number of hydrogen-bond donors (Lipinski definition) is 0. The van der Waals surface area contributed by atoms with Crippen molar-refractivity contribution in [3.63, 3.8) is 0 Å².